The van der Waals surface area contributed by atoms with Gasteiger partial charge in [0.2, 0.25) is 11.8 Å². The number of carbonyl (C=O) groups is 2. The number of carbonyl (C=O) groups excluding carboxylic acids is 2. The van der Waals surface area contributed by atoms with Crippen LogP contribution in [0.5, 0.6) is 0 Å². The van der Waals surface area contributed by atoms with Crippen LogP contribution in [-0.2, 0) is 32.4 Å². The molecule has 2 aromatic carbocycles. The van der Waals surface area contributed by atoms with Crippen LogP contribution in [0.3, 0.4) is 0 Å². The molecule has 10 nitrogen and oxygen atoms in total. The number of rotatable bonds is 15. The van der Waals surface area contributed by atoms with E-state index in [2.05, 4.69) is 10.6 Å². The lowest BCUT2D eigenvalue weighted by Gasteiger charge is -2.24. The maximum Gasteiger partial charge on any atom is 0.492 e. The largest absolute Gasteiger partial charge is 0.492 e. The summed E-state index contributed by atoms with van der Waals surface area (Å²) in [4.78, 5) is 27.1. The van der Waals surface area contributed by atoms with Crippen molar-refractivity contribution >= 4 is 30.1 Å². The van der Waals surface area contributed by atoms with E-state index in [9.17, 15) is 27.8 Å². The average Bonchev–Trinajstić information content (AvgIpc) is 3.19. The predicted molar refractivity (Wildman–Crippen MR) is 160 cm³/mol. The summed E-state index contributed by atoms with van der Waals surface area (Å²) in [5, 5.41) is 16.5. The molecule has 0 spiro atoms. The number of anilines is 1. The quantitative estimate of drug-likeness (QED) is 0.164. The van der Waals surface area contributed by atoms with E-state index in [1.807, 2.05) is 26.0 Å². The molecule has 0 aliphatic carbocycles. The first-order valence-electron chi connectivity index (χ1n) is 14.4. The third kappa shape index (κ3) is 9.67. The standard InChI is InChI=1S/C29H42BF3N6O4/c1-28(2)23-10-9-21(17-24(23)30(42)43-28)37-18-22(8-5-19-3-6-20(7-4-19)29(31,32)33)38-27(41)25(36)11-12-26(40)39(15-13-34)16-14-35/h3-4,6-7,9-10,17,22,25,37,42H,5,8,11-16,18,34-36H2,1-2H3,(H,38,41). The van der Waals surface area contributed by atoms with Crippen LogP contribution in [0.4, 0.5) is 18.9 Å². The Bertz CT molecular complexity index is 1230. The maximum absolute atomic E-state index is 13.0. The Morgan fingerprint density at radius 2 is 1.72 bits per heavy atom. The van der Waals surface area contributed by atoms with E-state index >= 15 is 0 Å². The molecule has 0 saturated carbocycles. The summed E-state index contributed by atoms with van der Waals surface area (Å²) in [6, 6.07) is 9.01. The minimum absolute atomic E-state index is 0.0545. The van der Waals surface area contributed by atoms with Crippen molar-refractivity contribution in [3.8, 4) is 0 Å². The fourth-order valence-corrected chi connectivity index (χ4v) is 5.05. The molecule has 2 unspecified atom stereocenters. The van der Waals surface area contributed by atoms with Gasteiger partial charge in [0.1, 0.15) is 0 Å². The molecule has 2 atom stereocenters. The summed E-state index contributed by atoms with van der Waals surface area (Å²) in [7, 11) is -1.06. The molecular formula is C29H42BF3N6O4. The maximum atomic E-state index is 13.0. The van der Waals surface area contributed by atoms with E-state index in [4.69, 9.17) is 21.9 Å². The zero-order valence-corrected chi connectivity index (χ0v) is 24.6. The van der Waals surface area contributed by atoms with Gasteiger partial charge in [-0.1, -0.05) is 18.2 Å². The Labute approximate surface area is 250 Å². The van der Waals surface area contributed by atoms with Gasteiger partial charge in [0.15, 0.2) is 0 Å². The molecule has 1 aliphatic rings. The SMILES string of the molecule is CC1(C)OB(O)c2cc(NCC(CCc3ccc(C(F)(F)F)cc3)NC(=O)C(N)CCC(=O)N(CCN)CCN)ccc21. The third-order valence-corrected chi connectivity index (χ3v) is 7.49. The molecule has 14 heteroatoms. The van der Waals surface area contributed by atoms with Gasteiger partial charge < -0.3 is 42.4 Å². The van der Waals surface area contributed by atoms with Gasteiger partial charge in [-0.2, -0.15) is 13.2 Å². The normalized spacial score (nSPS) is 15.5. The van der Waals surface area contributed by atoms with E-state index in [0.717, 1.165) is 17.7 Å². The summed E-state index contributed by atoms with van der Waals surface area (Å²) in [6.07, 6.45) is -3.45. The molecule has 9 N–H and O–H groups in total. The number of nitrogens with one attached hydrogen (secondary N) is 2. The summed E-state index contributed by atoms with van der Waals surface area (Å²) in [5.74, 6) is -0.638. The zero-order chi connectivity index (χ0) is 31.8. The summed E-state index contributed by atoms with van der Waals surface area (Å²) in [6.45, 7) is 5.31. The highest BCUT2D eigenvalue weighted by Gasteiger charge is 2.40. The fraction of sp³-hybridized carbons (Fsp3) is 0.517. The molecule has 236 valence electrons. The number of benzene rings is 2. The van der Waals surface area contributed by atoms with Gasteiger partial charge in [-0.05, 0) is 74.0 Å². The Morgan fingerprint density at radius 3 is 2.33 bits per heavy atom. The summed E-state index contributed by atoms with van der Waals surface area (Å²) in [5.41, 5.74) is 18.8. The number of fused-ring (bicyclic) bond motifs is 1. The van der Waals surface area contributed by atoms with Crippen molar-refractivity contribution in [2.75, 3.05) is 38.0 Å². The number of alkyl halides is 3. The first-order chi connectivity index (χ1) is 20.2. The van der Waals surface area contributed by atoms with Crippen LogP contribution in [0, 0.1) is 0 Å². The first kappa shape index (κ1) is 34.3. The van der Waals surface area contributed by atoms with Gasteiger partial charge in [0.25, 0.3) is 0 Å². The van der Waals surface area contributed by atoms with Crippen LogP contribution in [0.2, 0.25) is 0 Å². The minimum atomic E-state index is -4.42. The van der Waals surface area contributed by atoms with Gasteiger partial charge in [-0.25, -0.2) is 0 Å². The lowest BCUT2D eigenvalue weighted by Crippen LogP contribution is -2.48. The van der Waals surface area contributed by atoms with Gasteiger partial charge in [-0.3, -0.25) is 9.59 Å². The highest BCUT2D eigenvalue weighted by molar-refractivity contribution is 6.62. The Balaban J connectivity index is 1.66. The molecule has 0 aromatic heterocycles. The fourth-order valence-electron chi connectivity index (χ4n) is 5.05. The van der Waals surface area contributed by atoms with Crippen molar-refractivity contribution in [1.82, 2.24) is 10.2 Å². The molecule has 2 aromatic rings. The highest BCUT2D eigenvalue weighted by Crippen LogP contribution is 2.31. The molecule has 0 radical (unpaired) electrons. The molecule has 1 aliphatic heterocycles. The molecule has 3 rings (SSSR count). The van der Waals surface area contributed by atoms with Crippen molar-refractivity contribution in [3.05, 3.63) is 59.2 Å². The number of halogens is 3. The number of amides is 2. The van der Waals surface area contributed by atoms with E-state index in [0.29, 0.717) is 55.7 Å². The second-order valence-corrected chi connectivity index (χ2v) is 11.2. The van der Waals surface area contributed by atoms with Crippen molar-refractivity contribution in [3.63, 3.8) is 0 Å². The molecule has 0 saturated heterocycles. The number of nitrogens with zero attached hydrogens (tertiary/aromatic N) is 1. The summed E-state index contributed by atoms with van der Waals surface area (Å²) >= 11 is 0. The van der Waals surface area contributed by atoms with Gasteiger partial charge >= 0.3 is 13.3 Å². The lowest BCUT2D eigenvalue weighted by atomic mass is 9.78. The lowest BCUT2D eigenvalue weighted by molar-refractivity contribution is -0.137. The monoisotopic (exact) mass is 606 g/mol. The molecule has 0 bridgehead atoms. The van der Waals surface area contributed by atoms with Crippen molar-refractivity contribution in [2.45, 2.75) is 63.4 Å². The molecule has 43 heavy (non-hydrogen) atoms. The number of hydrogen-bond acceptors (Lipinski definition) is 8. The van der Waals surface area contributed by atoms with E-state index in [1.54, 1.807) is 11.0 Å². The minimum Gasteiger partial charge on any atom is -0.423 e. The topological polar surface area (TPSA) is 169 Å². The van der Waals surface area contributed by atoms with Crippen molar-refractivity contribution in [1.29, 1.82) is 0 Å². The Kier molecular flexibility index (Phi) is 12.0. The summed E-state index contributed by atoms with van der Waals surface area (Å²) < 4.78 is 44.5. The number of aryl methyl sites for hydroxylation is 1. The van der Waals surface area contributed by atoms with Crippen LogP contribution in [-0.4, -0.2) is 73.7 Å². The second kappa shape index (κ2) is 15.0. The van der Waals surface area contributed by atoms with Crippen molar-refractivity contribution < 1.29 is 32.4 Å². The van der Waals surface area contributed by atoms with E-state index < -0.39 is 42.5 Å². The van der Waals surface area contributed by atoms with Crippen molar-refractivity contribution in [2.24, 2.45) is 17.2 Å². The van der Waals surface area contributed by atoms with Gasteiger partial charge in [0, 0.05) is 50.9 Å². The van der Waals surface area contributed by atoms with Gasteiger partial charge in [0.05, 0.1) is 17.2 Å². The van der Waals surface area contributed by atoms with Crippen LogP contribution in [0.25, 0.3) is 0 Å². The molecular weight excluding hydrogens is 564 g/mol. The Hall–Kier alpha value is -3.17. The zero-order valence-electron chi connectivity index (χ0n) is 24.6. The highest BCUT2D eigenvalue weighted by atomic mass is 19.4. The molecule has 0 fully saturated rings. The third-order valence-electron chi connectivity index (χ3n) is 7.49. The van der Waals surface area contributed by atoms with Crippen LogP contribution in [0.1, 0.15) is 49.8 Å². The van der Waals surface area contributed by atoms with Crippen LogP contribution in [0.15, 0.2) is 42.5 Å². The van der Waals surface area contributed by atoms with E-state index in [1.165, 1.54) is 12.1 Å². The van der Waals surface area contributed by atoms with Crippen LogP contribution >= 0.6 is 0 Å². The first-order valence-corrected chi connectivity index (χ1v) is 14.4. The Morgan fingerprint density at radius 1 is 1.07 bits per heavy atom. The van der Waals surface area contributed by atoms with Crippen LogP contribution < -0.4 is 33.3 Å². The van der Waals surface area contributed by atoms with Gasteiger partial charge in [-0.15, -0.1) is 0 Å². The smallest absolute Gasteiger partial charge is 0.423 e. The molecule has 1 heterocycles. The number of nitrogens with two attached hydrogens (primary N) is 3. The average molecular weight is 606 g/mol. The molecule has 2 amide bonds. The van der Waals surface area contributed by atoms with E-state index in [-0.39, 0.29) is 25.3 Å². The predicted octanol–water partition coefficient (Wildman–Crippen LogP) is 1.04. The number of hydrogen-bond donors (Lipinski definition) is 6. The second-order valence-electron chi connectivity index (χ2n) is 11.2.